The summed E-state index contributed by atoms with van der Waals surface area (Å²) in [5.74, 6) is 0.765. The molecule has 1 N–H and O–H groups in total. The molecule has 1 amide bonds. The Morgan fingerprint density at radius 3 is 2.75 bits per heavy atom. The molecule has 9 nitrogen and oxygen atoms in total. The van der Waals surface area contributed by atoms with Gasteiger partial charge >= 0.3 is 0 Å². The summed E-state index contributed by atoms with van der Waals surface area (Å²) >= 11 is 0. The number of nitriles is 1. The van der Waals surface area contributed by atoms with Crippen molar-refractivity contribution < 1.29 is 9.32 Å². The molecule has 0 saturated carbocycles. The molecule has 1 saturated heterocycles. The smallest absolute Gasteiger partial charge is 0.251 e. The first kappa shape index (κ1) is 17.8. The van der Waals surface area contributed by atoms with Crippen molar-refractivity contribution in [3.63, 3.8) is 0 Å². The van der Waals surface area contributed by atoms with E-state index in [-0.39, 0.29) is 18.0 Å². The molecule has 140 valence electrons. The molecule has 1 aromatic carbocycles. The molecular weight excluding hydrogens is 358 g/mol. The van der Waals surface area contributed by atoms with E-state index in [2.05, 4.69) is 30.3 Å². The van der Waals surface area contributed by atoms with Crippen LogP contribution in [0.3, 0.4) is 0 Å². The van der Waals surface area contributed by atoms with Gasteiger partial charge in [0.1, 0.15) is 6.33 Å². The van der Waals surface area contributed by atoms with E-state index in [1.807, 2.05) is 13.1 Å². The van der Waals surface area contributed by atoms with Gasteiger partial charge in [-0.2, -0.15) is 10.2 Å². The number of benzene rings is 1. The van der Waals surface area contributed by atoms with Crippen LogP contribution in [-0.4, -0.2) is 50.5 Å². The second kappa shape index (κ2) is 7.54. The van der Waals surface area contributed by atoms with Gasteiger partial charge in [-0.05, 0) is 37.7 Å². The quantitative estimate of drug-likeness (QED) is 0.729. The SMILES string of the molecule is CN1C[C@@H](NC(=O)c2ccc(C#N)cc2)C[C@H]1c1nc(-c2cncnc2)no1. The third-order valence-electron chi connectivity index (χ3n) is 4.71. The van der Waals surface area contributed by atoms with Crippen LogP contribution in [0.2, 0.25) is 0 Å². The number of amides is 1. The Kier molecular flexibility index (Phi) is 4.78. The molecule has 28 heavy (non-hydrogen) atoms. The molecule has 2 atom stereocenters. The number of likely N-dealkylation sites (tertiary alicyclic amines) is 1. The highest BCUT2D eigenvalue weighted by molar-refractivity contribution is 5.94. The number of aromatic nitrogens is 4. The Bertz CT molecular complexity index is 1010. The number of carbonyl (C=O) groups excluding carboxylic acids is 1. The summed E-state index contributed by atoms with van der Waals surface area (Å²) in [6, 6.07) is 8.47. The molecular formula is C19H17N7O2. The van der Waals surface area contributed by atoms with Crippen molar-refractivity contribution in [2.24, 2.45) is 0 Å². The van der Waals surface area contributed by atoms with Crippen LogP contribution in [0.5, 0.6) is 0 Å². The summed E-state index contributed by atoms with van der Waals surface area (Å²) < 4.78 is 5.44. The second-order valence-corrected chi connectivity index (χ2v) is 6.63. The maximum atomic E-state index is 12.5. The molecule has 9 heteroatoms. The van der Waals surface area contributed by atoms with Gasteiger partial charge in [-0.15, -0.1) is 0 Å². The predicted octanol–water partition coefficient (Wildman–Crippen LogP) is 1.57. The van der Waals surface area contributed by atoms with Crippen molar-refractivity contribution in [2.45, 2.75) is 18.5 Å². The second-order valence-electron chi connectivity index (χ2n) is 6.63. The van der Waals surface area contributed by atoms with Gasteiger partial charge in [-0.1, -0.05) is 5.16 Å². The highest BCUT2D eigenvalue weighted by atomic mass is 16.5. The fraction of sp³-hybridized carbons (Fsp3) is 0.263. The number of hydrogen-bond acceptors (Lipinski definition) is 8. The van der Waals surface area contributed by atoms with Crippen LogP contribution in [-0.2, 0) is 0 Å². The monoisotopic (exact) mass is 375 g/mol. The van der Waals surface area contributed by atoms with E-state index < -0.39 is 0 Å². The van der Waals surface area contributed by atoms with E-state index in [9.17, 15) is 4.79 Å². The first-order chi connectivity index (χ1) is 13.6. The largest absolute Gasteiger partial charge is 0.348 e. The topological polar surface area (TPSA) is 121 Å². The standard InChI is InChI=1S/C19H17N7O2/c1-26-10-15(23-18(27)13-4-2-12(7-20)3-5-13)6-16(26)19-24-17(25-28-19)14-8-21-11-22-9-14/h2-5,8-9,11,15-16H,6,10H2,1H3,(H,23,27)/t15-,16-/m0/s1. The van der Waals surface area contributed by atoms with E-state index in [1.54, 1.807) is 36.7 Å². The molecule has 1 fully saturated rings. The van der Waals surface area contributed by atoms with Crippen LogP contribution in [0.25, 0.3) is 11.4 Å². The van der Waals surface area contributed by atoms with Gasteiger partial charge in [0.2, 0.25) is 11.7 Å². The molecule has 2 aromatic heterocycles. The zero-order chi connectivity index (χ0) is 19.5. The first-order valence-electron chi connectivity index (χ1n) is 8.74. The summed E-state index contributed by atoms with van der Waals surface area (Å²) in [5.41, 5.74) is 1.73. The van der Waals surface area contributed by atoms with Crippen molar-refractivity contribution in [1.29, 1.82) is 5.26 Å². The number of carbonyl (C=O) groups is 1. The average Bonchev–Trinajstić information content (AvgIpc) is 3.35. The third-order valence-corrected chi connectivity index (χ3v) is 4.71. The Hall–Kier alpha value is -3.64. The van der Waals surface area contributed by atoms with Crippen LogP contribution < -0.4 is 5.32 Å². The Labute approximate surface area is 161 Å². The molecule has 4 rings (SSSR count). The summed E-state index contributed by atoms with van der Waals surface area (Å²) in [6.45, 7) is 0.666. The van der Waals surface area contributed by atoms with Crippen LogP contribution in [0.15, 0.2) is 47.5 Å². The van der Waals surface area contributed by atoms with Crippen LogP contribution >= 0.6 is 0 Å². The van der Waals surface area contributed by atoms with Crippen LogP contribution in [0, 0.1) is 11.3 Å². The van der Waals surface area contributed by atoms with Gasteiger partial charge in [0.05, 0.1) is 23.2 Å². The lowest BCUT2D eigenvalue weighted by atomic mass is 10.1. The van der Waals surface area contributed by atoms with Gasteiger partial charge in [0.25, 0.3) is 5.91 Å². The fourth-order valence-corrected chi connectivity index (χ4v) is 3.26. The minimum absolute atomic E-state index is 0.0476. The Balaban J connectivity index is 1.42. The van der Waals surface area contributed by atoms with Crippen molar-refractivity contribution in [3.05, 3.63) is 60.0 Å². The molecule has 3 heterocycles. The minimum Gasteiger partial charge on any atom is -0.348 e. The van der Waals surface area contributed by atoms with Crippen molar-refractivity contribution in [2.75, 3.05) is 13.6 Å². The van der Waals surface area contributed by atoms with E-state index in [1.165, 1.54) is 6.33 Å². The summed E-state index contributed by atoms with van der Waals surface area (Å²) in [6.07, 6.45) is 5.35. The normalized spacial score (nSPS) is 19.3. The van der Waals surface area contributed by atoms with Crippen LogP contribution in [0.1, 0.15) is 34.3 Å². The van der Waals surface area contributed by atoms with Crippen molar-refractivity contribution in [3.8, 4) is 17.5 Å². The first-order valence-corrected chi connectivity index (χ1v) is 8.74. The molecule has 3 aromatic rings. The molecule has 1 aliphatic heterocycles. The Morgan fingerprint density at radius 1 is 1.29 bits per heavy atom. The highest BCUT2D eigenvalue weighted by Gasteiger charge is 2.35. The van der Waals surface area contributed by atoms with E-state index in [0.717, 1.165) is 0 Å². The van der Waals surface area contributed by atoms with Crippen LogP contribution in [0.4, 0.5) is 0 Å². The number of rotatable bonds is 4. The zero-order valence-electron chi connectivity index (χ0n) is 15.1. The van der Waals surface area contributed by atoms with E-state index >= 15 is 0 Å². The Morgan fingerprint density at radius 2 is 2.04 bits per heavy atom. The molecule has 0 spiro atoms. The summed E-state index contributed by atoms with van der Waals surface area (Å²) in [7, 11) is 1.95. The van der Waals surface area contributed by atoms with Gasteiger partial charge in [0.15, 0.2) is 0 Å². The maximum absolute atomic E-state index is 12.5. The van der Waals surface area contributed by atoms with Gasteiger partial charge in [-0.3, -0.25) is 9.69 Å². The summed E-state index contributed by atoms with van der Waals surface area (Å²) in [5, 5.41) is 15.9. The molecule has 0 bridgehead atoms. The third kappa shape index (κ3) is 3.58. The van der Waals surface area contributed by atoms with Crippen molar-refractivity contribution >= 4 is 5.91 Å². The van der Waals surface area contributed by atoms with E-state index in [4.69, 9.17) is 9.78 Å². The minimum atomic E-state index is -0.170. The molecule has 0 aliphatic carbocycles. The number of nitrogens with one attached hydrogen (secondary N) is 1. The number of likely N-dealkylation sites (N-methyl/N-ethyl adjacent to an activating group) is 1. The zero-order valence-corrected chi connectivity index (χ0v) is 15.1. The lowest BCUT2D eigenvalue weighted by molar-refractivity contribution is 0.0938. The highest BCUT2D eigenvalue weighted by Crippen LogP contribution is 2.30. The van der Waals surface area contributed by atoms with E-state index in [0.29, 0.717) is 41.4 Å². The van der Waals surface area contributed by atoms with Crippen molar-refractivity contribution in [1.82, 2.24) is 30.3 Å². The average molecular weight is 375 g/mol. The number of hydrogen-bond donors (Lipinski definition) is 1. The molecule has 0 radical (unpaired) electrons. The summed E-state index contributed by atoms with van der Waals surface area (Å²) in [4.78, 5) is 26.9. The van der Waals surface area contributed by atoms with Gasteiger partial charge < -0.3 is 9.84 Å². The fourth-order valence-electron chi connectivity index (χ4n) is 3.26. The van der Waals surface area contributed by atoms with Gasteiger partial charge in [0, 0.05) is 30.5 Å². The lowest BCUT2D eigenvalue weighted by Crippen LogP contribution is -2.36. The molecule has 0 unspecified atom stereocenters. The maximum Gasteiger partial charge on any atom is 0.251 e. The number of nitrogens with zero attached hydrogens (tertiary/aromatic N) is 6. The predicted molar refractivity (Wildman–Crippen MR) is 97.7 cm³/mol. The molecule has 1 aliphatic rings. The van der Waals surface area contributed by atoms with Gasteiger partial charge in [-0.25, -0.2) is 9.97 Å². The lowest BCUT2D eigenvalue weighted by Gasteiger charge is -2.14.